The maximum atomic E-state index is 14.0. The molecule has 3 rings (SSSR count). The lowest BCUT2D eigenvalue weighted by molar-refractivity contribution is 0.0518. The summed E-state index contributed by atoms with van der Waals surface area (Å²) in [6, 6.07) is 0.166. The number of ether oxygens (including phenoxy) is 1. The number of hydrogen-bond acceptors (Lipinski definition) is 3. The number of imidazole rings is 1. The van der Waals surface area contributed by atoms with E-state index in [1.165, 1.54) is 4.57 Å². The van der Waals surface area contributed by atoms with Gasteiger partial charge in [-0.05, 0) is 25.6 Å². The van der Waals surface area contributed by atoms with Gasteiger partial charge >= 0.3 is 5.97 Å². The van der Waals surface area contributed by atoms with Gasteiger partial charge in [-0.15, -0.1) is 0 Å². The monoisotopic (exact) mass is 360 g/mol. The van der Waals surface area contributed by atoms with Gasteiger partial charge in [-0.25, -0.2) is 22.4 Å². The normalized spacial score (nSPS) is 16.3. The number of nitrogens with one attached hydrogen (secondary N) is 1. The minimum absolute atomic E-state index is 0.000799. The van der Waals surface area contributed by atoms with E-state index in [2.05, 4.69) is 4.98 Å². The zero-order chi connectivity index (χ0) is 17.6. The lowest BCUT2D eigenvalue weighted by Crippen LogP contribution is -2.11. The molecule has 128 valence electrons. The third-order valence-corrected chi connectivity index (χ3v) is 4.29. The molecule has 2 aromatic rings. The first kappa shape index (κ1) is 16.7. The van der Waals surface area contributed by atoms with Crippen LogP contribution in [0.1, 0.15) is 34.6 Å². The fraction of sp³-hybridized carbons (Fsp3) is 0.333. The van der Waals surface area contributed by atoms with Crippen molar-refractivity contribution in [3.05, 3.63) is 51.1 Å². The summed E-state index contributed by atoms with van der Waals surface area (Å²) in [7, 11) is 0. The first-order valence-corrected chi connectivity index (χ1v) is 7.57. The lowest BCUT2D eigenvalue weighted by Gasteiger charge is -2.13. The number of nitrogens with zero attached hydrogens (tertiary/aromatic N) is 1. The Kier molecular flexibility index (Phi) is 4.20. The molecule has 0 saturated carbocycles. The Bertz CT molecular complexity index is 864. The number of H-pyrrole nitrogens is 1. The van der Waals surface area contributed by atoms with Gasteiger partial charge in [0.25, 0.3) is 0 Å². The predicted octanol–water partition coefficient (Wildman–Crippen LogP) is 3.62. The summed E-state index contributed by atoms with van der Waals surface area (Å²) < 4.78 is 61.4. The maximum absolute atomic E-state index is 14.0. The first-order chi connectivity index (χ1) is 11.3. The molecule has 0 saturated heterocycles. The van der Waals surface area contributed by atoms with Crippen LogP contribution in [0.5, 0.6) is 0 Å². The number of carbonyl (C=O) groups is 1. The molecule has 2 heterocycles. The van der Waals surface area contributed by atoms with Gasteiger partial charge in [0.1, 0.15) is 5.69 Å². The van der Waals surface area contributed by atoms with Gasteiger partial charge in [-0.2, -0.15) is 0 Å². The highest BCUT2D eigenvalue weighted by Crippen LogP contribution is 2.36. The second-order valence-corrected chi connectivity index (χ2v) is 5.75. The van der Waals surface area contributed by atoms with Crippen LogP contribution in [0.4, 0.5) is 17.6 Å². The Balaban J connectivity index is 2.03. The van der Waals surface area contributed by atoms with Crippen LogP contribution in [0.15, 0.2) is 6.07 Å². The van der Waals surface area contributed by atoms with E-state index in [9.17, 15) is 22.4 Å². The van der Waals surface area contributed by atoms with Crippen LogP contribution in [0.3, 0.4) is 0 Å². The molecular formula is C15H12F4N2O2S. The maximum Gasteiger partial charge on any atom is 0.356 e. The number of halogens is 4. The van der Waals surface area contributed by atoms with Crippen molar-refractivity contribution in [1.82, 2.24) is 9.55 Å². The average molecular weight is 360 g/mol. The molecule has 0 amide bonds. The van der Waals surface area contributed by atoms with E-state index in [1.807, 2.05) is 0 Å². The second-order valence-electron chi connectivity index (χ2n) is 5.37. The summed E-state index contributed by atoms with van der Waals surface area (Å²) >= 11 is 5.09. The summed E-state index contributed by atoms with van der Waals surface area (Å²) in [4.78, 5) is 14.6. The molecule has 0 aliphatic carbocycles. The van der Waals surface area contributed by atoms with Crippen molar-refractivity contribution in [3.8, 4) is 0 Å². The number of rotatable bonds is 3. The number of hydrogen-bond donors (Lipinski definition) is 1. The Morgan fingerprint density at radius 3 is 2.54 bits per heavy atom. The summed E-state index contributed by atoms with van der Waals surface area (Å²) in [5, 5.41) is 0. The third-order valence-electron chi connectivity index (χ3n) is 3.97. The SMILES string of the molecule is CCOC(=O)c1[nH]c(=S)n2c1C[C@@H](c1c(F)c(F)cc(F)c1F)C2. The standard InChI is InChI=1S/C15H12F4N2O2S/c1-2-23-14(22)13-9-3-6(5-21(9)15(24)20-13)10-11(18)7(16)4-8(17)12(10)19/h4,6H,2-3,5H2,1H3,(H,20,24)/t6-/m1/s1. The molecular weight excluding hydrogens is 348 g/mol. The minimum atomic E-state index is -1.46. The highest BCUT2D eigenvalue weighted by molar-refractivity contribution is 7.71. The highest BCUT2D eigenvalue weighted by atomic mass is 32.1. The molecule has 4 nitrogen and oxygen atoms in total. The van der Waals surface area contributed by atoms with E-state index in [0.29, 0.717) is 5.69 Å². The van der Waals surface area contributed by atoms with Crippen molar-refractivity contribution in [2.24, 2.45) is 0 Å². The molecule has 9 heteroatoms. The van der Waals surface area contributed by atoms with Crippen LogP contribution >= 0.6 is 12.2 Å². The summed E-state index contributed by atoms with van der Waals surface area (Å²) in [6.07, 6.45) is -0.00196. The fourth-order valence-corrected chi connectivity index (χ4v) is 3.23. The Morgan fingerprint density at radius 1 is 1.33 bits per heavy atom. The van der Waals surface area contributed by atoms with Gasteiger partial charge in [0.05, 0.1) is 12.3 Å². The molecule has 1 N–H and O–H groups in total. The zero-order valence-electron chi connectivity index (χ0n) is 12.5. The van der Waals surface area contributed by atoms with E-state index >= 15 is 0 Å². The van der Waals surface area contributed by atoms with Crippen molar-refractivity contribution in [1.29, 1.82) is 0 Å². The summed E-state index contributed by atoms with van der Waals surface area (Å²) in [5.41, 5.74) is -0.200. The number of benzene rings is 1. The molecule has 0 spiro atoms. The van der Waals surface area contributed by atoms with Crippen LogP contribution in [0, 0.1) is 28.0 Å². The van der Waals surface area contributed by atoms with Gasteiger partial charge in [0.15, 0.2) is 28.0 Å². The molecule has 24 heavy (non-hydrogen) atoms. The molecule has 1 aromatic carbocycles. The van der Waals surface area contributed by atoms with Crippen LogP contribution in [0.2, 0.25) is 0 Å². The van der Waals surface area contributed by atoms with E-state index in [1.54, 1.807) is 6.92 Å². The van der Waals surface area contributed by atoms with Gasteiger partial charge in [-0.3, -0.25) is 0 Å². The van der Waals surface area contributed by atoms with Crippen molar-refractivity contribution >= 4 is 18.2 Å². The van der Waals surface area contributed by atoms with E-state index in [4.69, 9.17) is 17.0 Å². The quantitative estimate of drug-likeness (QED) is 0.394. The number of aromatic amines is 1. The number of esters is 1. The van der Waals surface area contributed by atoms with Crippen LogP contribution < -0.4 is 0 Å². The Morgan fingerprint density at radius 2 is 1.96 bits per heavy atom. The molecule has 0 unspecified atom stereocenters. The van der Waals surface area contributed by atoms with E-state index in [0.717, 1.165) is 0 Å². The fourth-order valence-electron chi connectivity index (χ4n) is 2.94. The summed E-state index contributed by atoms with van der Waals surface area (Å²) in [5.74, 6) is -7.32. The first-order valence-electron chi connectivity index (χ1n) is 7.16. The van der Waals surface area contributed by atoms with Crippen molar-refractivity contribution in [2.75, 3.05) is 6.61 Å². The third kappa shape index (κ3) is 2.52. The second kappa shape index (κ2) is 6.04. The van der Waals surface area contributed by atoms with Gasteiger partial charge in [0.2, 0.25) is 0 Å². The number of fused-ring (bicyclic) bond motifs is 1. The summed E-state index contributed by atoms with van der Waals surface area (Å²) in [6.45, 7) is 1.78. The Hall–Kier alpha value is -2.16. The molecule has 0 radical (unpaired) electrons. The van der Waals surface area contributed by atoms with E-state index in [-0.39, 0.29) is 36.1 Å². The molecule has 1 aromatic heterocycles. The lowest BCUT2D eigenvalue weighted by atomic mass is 9.95. The number of aromatic nitrogens is 2. The van der Waals surface area contributed by atoms with Crippen LogP contribution in [0.25, 0.3) is 0 Å². The van der Waals surface area contributed by atoms with Gasteiger partial charge in [0, 0.05) is 24.1 Å². The van der Waals surface area contributed by atoms with Crippen molar-refractivity contribution in [3.63, 3.8) is 0 Å². The number of carbonyl (C=O) groups excluding carboxylic acids is 1. The molecule has 0 fully saturated rings. The average Bonchev–Trinajstić information content (AvgIpc) is 3.07. The van der Waals surface area contributed by atoms with E-state index < -0.39 is 40.7 Å². The smallest absolute Gasteiger partial charge is 0.356 e. The van der Waals surface area contributed by atoms with Crippen LogP contribution in [-0.2, 0) is 17.7 Å². The van der Waals surface area contributed by atoms with Crippen molar-refractivity contribution in [2.45, 2.75) is 25.8 Å². The molecule has 1 aliphatic heterocycles. The van der Waals surface area contributed by atoms with Crippen LogP contribution in [-0.4, -0.2) is 22.1 Å². The van der Waals surface area contributed by atoms with Gasteiger partial charge < -0.3 is 14.3 Å². The zero-order valence-corrected chi connectivity index (χ0v) is 13.3. The molecule has 1 aliphatic rings. The topological polar surface area (TPSA) is 47.0 Å². The Labute approximate surface area is 139 Å². The predicted molar refractivity (Wildman–Crippen MR) is 78.3 cm³/mol. The largest absolute Gasteiger partial charge is 0.461 e. The highest BCUT2D eigenvalue weighted by Gasteiger charge is 2.34. The molecule has 1 atom stereocenters. The van der Waals surface area contributed by atoms with Gasteiger partial charge in [-0.1, -0.05) is 0 Å². The van der Waals surface area contributed by atoms with Crippen molar-refractivity contribution < 1.29 is 27.1 Å². The minimum Gasteiger partial charge on any atom is -0.461 e. The molecule has 0 bridgehead atoms.